The molecule has 0 aromatic carbocycles. The highest BCUT2D eigenvalue weighted by atomic mass is 31.2. The molecule has 0 bridgehead atoms. The van der Waals surface area contributed by atoms with Crippen LogP contribution in [-0.2, 0) is 18.4 Å². The molecule has 0 aromatic heterocycles. The number of nitrogens with two attached hydrogens (primary N) is 1. The largest absolute Gasteiger partial charge is 0.472 e. The zero-order chi connectivity index (χ0) is 33.3. The first-order valence-corrected chi connectivity index (χ1v) is 19.3. The molecule has 45 heavy (non-hydrogen) atoms. The molecule has 9 heteroatoms. The molecule has 0 fully saturated rings. The maximum atomic E-state index is 12.6. The number of phosphoric ester groups is 1. The molecular formula is C36H67N2O6P. The summed E-state index contributed by atoms with van der Waals surface area (Å²) in [6.45, 7) is 3.94. The van der Waals surface area contributed by atoms with Crippen molar-refractivity contribution in [3.05, 3.63) is 48.6 Å². The minimum absolute atomic E-state index is 0.0711. The first kappa shape index (κ1) is 43.5. The molecule has 3 unspecified atom stereocenters. The number of nitrogens with one attached hydrogen (secondary N) is 1. The molecule has 262 valence electrons. The van der Waals surface area contributed by atoms with E-state index in [4.69, 9.17) is 14.8 Å². The van der Waals surface area contributed by atoms with Gasteiger partial charge in [0.2, 0.25) is 5.91 Å². The van der Waals surface area contributed by atoms with Gasteiger partial charge < -0.3 is 21.1 Å². The standard InChI is InChI=1S/C36H67N2O6P/c1-3-5-7-9-11-12-13-14-15-16-17-18-19-20-21-22-24-26-28-30-36(40)38-34(33-44-45(41,42)43-32-31-37)35(39)29-27-25-23-10-8-6-4-2/h8,10-12,14-15,27,29,34-35,39H,3-7,9,13,16-26,28,30-33,37H2,1-2H3,(H,38,40)(H,41,42)/b10-8+,12-11-,15-14-,29-27+. The second-order valence-electron chi connectivity index (χ2n) is 11.7. The molecule has 0 heterocycles. The predicted molar refractivity (Wildman–Crippen MR) is 189 cm³/mol. The lowest BCUT2D eigenvalue weighted by atomic mass is 10.1. The predicted octanol–water partition coefficient (Wildman–Crippen LogP) is 8.99. The summed E-state index contributed by atoms with van der Waals surface area (Å²) >= 11 is 0. The maximum Gasteiger partial charge on any atom is 0.472 e. The van der Waals surface area contributed by atoms with E-state index in [9.17, 15) is 19.4 Å². The van der Waals surface area contributed by atoms with Crippen molar-refractivity contribution < 1.29 is 28.4 Å². The summed E-state index contributed by atoms with van der Waals surface area (Å²) in [5.74, 6) is -0.216. The van der Waals surface area contributed by atoms with E-state index in [0.29, 0.717) is 6.42 Å². The van der Waals surface area contributed by atoms with E-state index < -0.39 is 20.0 Å². The zero-order valence-corrected chi connectivity index (χ0v) is 29.5. The van der Waals surface area contributed by atoms with E-state index in [1.165, 1.54) is 70.6 Å². The minimum Gasteiger partial charge on any atom is -0.387 e. The lowest BCUT2D eigenvalue weighted by Crippen LogP contribution is -2.45. The highest BCUT2D eigenvalue weighted by molar-refractivity contribution is 7.47. The van der Waals surface area contributed by atoms with Crippen LogP contribution in [0.2, 0.25) is 0 Å². The van der Waals surface area contributed by atoms with E-state index >= 15 is 0 Å². The highest BCUT2D eigenvalue weighted by Gasteiger charge is 2.26. The summed E-state index contributed by atoms with van der Waals surface area (Å²) in [6, 6.07) is -0.876. The molecule has 0 spiro atoms. The molecule has 5 N–H and O–H groups in total. The average Bonchev–Trinajstić information content (AvgIpc) is 3.02. The lowest BCUT2D eigenvalue weighted by Gasteiger charge is -2.23. The van der Waals surface area contributed by atoms with Crippen LogP contribution in [0.25, 0.3) is 0 Å². The third-order valence-corrected chi connectivity index (χ3v) is 8.34. The summed E-state index contributed by atoms with van der Waals surface area (Å²) in [5, 5.41) is 13.4. The van der Waals surface area contributed by atoms with Gasteiger partial charge in [-0.05, 0) is 57.8 Å². The molecule has 0 saturated carbocycles. The Hall–Kier alpha value is -1.54. The number of hydrogen-bond donors (Lipinski definition) is 4. The van der Waals surface area contributed by atoms with Crippen molar-refractivity contribution in [1.82, 2.24) is 5.32 Å². The number of aliphatic hydroxyl groups is 1. The van der Waals surface area contributed by atoms with Crippen LogP contribution in [0, 0.1) is 0 Å². The number of phosphoric acid groups is 1. The smallest absolute Gasteiger partial charge is 0.387 e. The molecule has 0 aliphatic carbocycles. The number of hydrogen-bond acceptors (Lipinski definition) is 6. The Labute approximate surface area is 275 Å². The molecule has 0 rings (SSSR count). The van der Waals surface area contributed by atoms with Crippen molar-refractivity contribution in [2.24, 2.45) is 5.73 Å². The van der Waals surface area contributed by atoms with Gasteiger partial charge in [-0.1, -0.05) is 127 Å². The van der Waals surface area contributed by atoms with E-state index in [1.54, 1.807) is 6.08 Å². The molecular weight excluding hydrogens is 587 g/mol. The Morgan fingerprint density at radius 3 is 1.91 bits per heavy atom. The minimum atomic E-state index is -4.33. The van der Waals surface area contributed by atoms with Crippen LogP contribution in [0.5, 0.6) is 0 Å². The number of unbranched alkanes of at least 4 members (excludes halogenated alkanes) is 14. The fourth-order valence-corrected chi connectivity index (χ4v) is 5.41. The number of amides is 1. The van der Waals surface area contributed by atoms with Crippen molar-refractivity contribution in [3.8, 4) is 0 Å². The Morgan fingerprint density at radius 2 is 1.29 bits per heavy atom. The summed E-state index contributed by atoms with van der Waals surface area (Å²) < 4.78 is 21.9. The van der Waals surface area contributed by atoms with Gasteiger partial charge in [0.15, 0.2) is 0 Å². The molecule has 3 atom stereocenters. The molecule has 0 aliphatic rings. The van der Waals surface area contributed by atoms with Gasteiger partial charge >= 0.3 is 7.82 Å². The number of aliphatic hydroxyl groups excluding tert-OH is 1. The number of allylic oxidation sites excluding steroid dienone is 7. The molecule has 0 saturated heterocycles. The van der Waals surface area contributed by atoms with E-state index in [1.807, 2.05) is 6.08 Å². The molecule has 0 aromatic rings. The van der Waals surface area contributed by atoms with Crippen LogP contribution in [0.3, 0.4) is 0 Å². The van der Waals surface area contributed by atoms with E-state index in [-0.39, 0.29) is 25.7 Å². The molecule has 0 aliphatic heterocycles. The Bertz CT molecular complexity index is 845. The SMILES string of the molecule is CCC/C=C/CC/C=C/C(O)C(COP(=O)(O)OCCN)NC(=O)CCCCCCCCCCC/C=C\C/C=C\CCCCC. The number of rotatable bonds is 32. The summed E-state index contributed by atoms with van der Waals surface area (Å²) in [7, 11) is -4.33. The van der Waals surface area contributed by atoms with Gasteiger partial charge in [0.1, 0.15) is 0 Å². The van der Waals surface area contributed by atoms with E-state index in [0.717, 1.165) is 51.4 Å². The monoisotopic (exact) mass is 654 g/mol. The quantitative estimate of drug-likeness (QED) is 0.0323. The summed E-state index contributed by atoms with van der Waals surface area (Å²) in [4.78, 5) is 22.5. The van der Waals surface area contributed by atoms with Gasteiger partial charge in [0.25, 0.3) is 0 Å². The maximum absolute atomic E-state index is 12.6. The van der Waals surface area contributed by atoms with Crippen LogP contribution >= 0.6 is 7.82 Å². The molecule has 1 amide bonds. The second kappa shape index (κ2) is 32.4. The van der Waals surface area contributed by atoms with Crippen molar-refractivity contribution in [2.75, 3.05) is 19.8 Å². The summed E-state index contributed by atoms with van der Waals surface area (Å²) in [6.07, 6.45) is 37.5. The number of carbonyl (C=O) groups is 1. The van der Waals surface area contributed by atoms with Gasteiger partial charge in [0.05, 0.1) is 25.4 Å². The van der Waals surface area contributed by atoms with Crippen molar-refractivity contribution in [1.29, 1.82) is 0 Å². The molecule has 8 nitrogen and oxygen atoms in total. The van der Waals surface area contributed by atoms with Gasteiger partial charge in [-0.3, -0.25) is 13.8 Å². The Kier molecular flexibility index (Phi) is 31.3. The van der Waals surface area contributed by atoms with Crippen molar-refractivity contribution >= 4 is 13.7 Å². The Balaban J connectivity index is 4.18. The number of carbonyl (C=O) groups excluding carboxylic acids is 1. The van der Waals surface area contributed by atoms with Crippen LogP contribution < -0.4 is 11.1 Å². The fourth-order valence-electron chi connectivity index (χ4n) is 4.65. The van der Waals surface area contributed by atoms with Crippen molar-refractivity contribution in [2.45, 2.75) is 154 Å². The van der Waals surface area contributed by atoms with Crippen LogP contribution in [-0.4, -0.2) is 47.8 Å². The second-order valence-corrected chi connectivity index (χ2v) is 13.2. The fraction of sp³-hybridized carbons (Fsp3) is 0.750. The van der Waals surface area contributed by atoms with Gasteiger partial charge in [-0.2, -0.15) is 0 Å². The zero-order valence-electron chi connectivity index (χ0n) is 28.6. The van der Waals surface area contributed by atoms with Gasteiger partial charge in [-0.15, -0.1) is 0 Å². The lowest BCUT2D eigenvalue weighted by molar-refractivity contribution is -0.123. The topological polar surface area (TPSA) is 131 Å². The van der Waals surface area contributed by atoms with E-state index in [2.05, 4.69) is 55.6 Å². The Morgan fingerprint density at radius 1 is 0.733 bits per heavy atom. The normalized spacial score (nSPS) is 15.0. The average molecular weight is 655 g/mol. The highest BCUT2D eigenvalue weighted by Crippen LogP contribution is 2.43. The first-order valence-electron chi connectivity index (χ1n) is 17.8. The third-order valence-electron chi connectivity index (χ3n) is 7.36. The molecule has 0 radical (unpaired) electrons. The first-order chi connectivity index (χ1) is 21.9. The van der Waals surface area contributed by atoms with Crippen LogP contribution in [0.4, 0.5) is 0 Å². The third kappa shape index (κ3) is 30.9. The van der Waals surface area contributed by atoms with Crippen LogP contribution in [0.1, 0.15) is 142 Å². The summed E-state index contributed by atoms with van der Waals surface area (Å²) in [5.41, 5.74) is 5.33. The van der Waals surface area contributed by atoms with Crippen LogP contribution in [0.15, 0.2) is 48.6 Å². The van der Waals surface area contributed by atoms with Gasteiger partial charge in [-0.25, -0.2) is 4.57 Å². The van der Waals surface area contributed by atoms with Crippen molar-refractivity contribution in [3.63, 3.8) is 0 Å². The van der Waals surface area contributed by atoms with Gasteiger partial charge in [0, 0.05) is 13.0 Å².